The Morgan fingerprint density at radius 2 is 1.85 bits per heavy atom. The average molecular weight is 516 g/mol. The molecule has 2 aromatic heterocycles. The zero-order chi connectivity index (χ0) is 24.0. The maximum Gasteiger partial charge on any atom is 0.238 e. The summed E-state index contributed by atoms with van der Waals surface area (Å²) in [7, 11) is -3.71. The molecule has 2 heterocycles. The van der Waals surface area contributed by atoms with Gasteiger partial charge in [0, 0.05) is 20.7 Å². The lowest BCUT2D eigenvalue weighted by atomic mass is 10.2. The molecule has 9 heteroatoms. The van der Waals surface area contributed by atoms with Crippen molar-refractivity contribution in [2.45, 2.75) is 25.7 Å². The molecule has 0 atom stereocenters. The van der Waals surface area contributed by atoms with Crippen LogP contribution in [-0.2, 0) is 10.0 Å². The van der Waals surface area contributed by atoms with Crippen molar-refractivity contribution in [1.29, 1.82) is 0 Å². The van der Waals surface area contributed by atoms with E-state index in [0.29, 0.717) is 5.03 Å². The second-order valence-corrected chi connectivity index (χ2v) is 11.2. The number of benzene rings is 2. The van der Waals surface area contributed by atoms with Crippen molar-refractivity contribution >= 4 is 65.1 Å². The van der Waals surface area contributed by atoms with E-state index in [1.165, 1.54) is 34.0 Å². The highest BCUT2D eigenvalue weighted by Crippen LogP contribution is 2.39. The number of fused-ring (bicyclic) bond motifs is 1. The van der Waals surface area contributed by atoms with Crippen molar-refractivity contribution in [3.8, 4) is 10.6 Å². The molecular formula is C24H25N3O2S4. The van der Waals surface area contributed by atoms with Crippen LogP contribution < -0.4 is 10.5 Å². The fraction of sp³-hybridized carbons (Fsp3) is 0.125. The zero-order valence-electron chi connectivity index (χ0n) is 18.5. The first-order chi connectivity index (χ1) is 15.8. The van der Waals surface area contributed by atoms with E-state index in [4.69, 9.17) is 10.1 Å². The number of nitrogens with zero attached hydrogens (tertiary/aromatic N) is 1. The number of thiophene rings is 1. The summed E-state index contributed by atoms with van der Waals surface area (Å²) in [5, 5.41) is 13.3. The third-order valence-corrected chi connectivity index (χ3v) is 8.42. The van der Waals surface area contributed by atoms with Gasteiger partial charge in [0.25, 0.3) is 0 Å². The lowest BCUT2D eigenvalue weighted by Gasteiger charge is -2.10. The smallest absolute Gasteiger partial charge is 0.238 e. The summed E-state index contributed by atoms with van der Waals surface area (Å²) in [5.41, 5.74) is 1.70. The molecule has 0 spiro atoms. The quantitative estimate of drug-likeness (QED) is 0.268. The van der Waals surface area contributed by atoms with Crippen molar-refractivity contribution in [3.63, 3.8) is 0 Å². The first-order valence-corrected chi connectivity index (χ1v) is 14.3. The van der Waals surface area contributed by atoms with Gasteiger partial charge < -0.3 is 5.32 Å². The molecule has 4 aromatic rings. The molecule has 0 saturated heterocycles. The molecule has 0 aliphatic carbocycles. The van der Waals surface area contributed by atoms with Crippen LogP contribution in [-0.4, -0.2) is 13.4 Å². The van der Waals surface area contributed by atoms with Gasteiger partial charge in [0.05, 0.1) is 20.5 Å². The van der Waals surface area contributed by atoms with Crippen LogP contribution in [0.2, 0.25) is 0 Å². The van der Waals surface area contributed by atoms with Crippen molar-refractivity contribution in [1.82, 2.24) is 4.98 Å². The minimum absolute atomic E-state index is 0.0713. The van der Waals surface area contributed by atoms with Gasteiger partial charge in [-0.15, -0.1) is 22.7 Å². The number of thiazole rings is 1. The molecule has 0 aliphatic rings. The van der Waals surface area contributed by atoms with E-state index in [1.807, 2.05) is 39.0 Å². The summed E-state index contributed by atoms with van der Waals surface area (Å²) in [6.45, 7) is 10.0. The summed E-state index contributed by atoms with van der Waals surface area (Å²) in [6.07, 6.45) is 2.01. The molecule has 3 N–H and O–H groups in total. The molecule has 0 radical (unpaired) electrons. The number of rotatable bonds is 7. The van der Waals surface area contributed by atoms with Gasteiger partial charge in [-0.25, -0.2) is 18.5 Å². The Morgan fingerprint density at radius 3 is 2.48 bits per heavy atom. The third-order valence-electron chi connectivity index (χ3n) is 4.35. The number of primary sulfonamides is 1. The average Bonchev–Trinajstić information content (AvgIpc) is 3.46. The van der Waals surface area contributed by atoms with E-state index in [2.05, 4.69) is 35.5 Å². The van der Waals surface area contributed by atoms with Crippen molar-refractivity contribution in [2.24, 2.45) is 5.14 Å². The lowest BCUT2D eigenvalue weighted by molar-refractivity contribution is 0.598. The molecule has 0 aliphatic heterocycles. The fourth-order valence-electron chi connectivity index (χ4n) is 2.88. The number of thioether (sulfide) groups is 1. The number of aromatic nitrogens is 1. The van der Waals surface area contributed by atoms with E-state index >= 15 is 0 Å². The highest BCUT2D eigenvalue weighted by Gasteiger charge is 2.13. The molecule has 0 bridgehead atoms. The number of nitrogens with one attached hydrogen (secondary N) is 1. The molecule has 0 saturated carbocycles. The molecule has 0 amide bonds. The molecule has 0 unspecified atom stereocenters. The summed E-state index contributed by atoms with van der Waals surface area (Å²) in [5.74, 6) is 0. The summed E-state index contributed by atoms with van der Waals surface area (Å²) in [6, 6.07) is 16.7. The van der Waals surface area contributed by atoms with E-state index in [-0.39, 0.29) is 4.90 Å². The van der Waals surface area contributed by atoms with Crippen LogP contribution in [0.15, 0.2) is 82.6 Å². The van der Waals surface area contributed by atoms with Gasteiger partial charge in [0.1, 0.15) is 5.01 Å². The van der Waals surface area contributed by atoms with Crippen LogP contribution in [0.5, 0.6) is 0 Å². The van der Waals surface area contributed by atoms with Gasteiger partial charge in [-0.1, -0.05) is 56.5 Å². The predicted octanol–water partition coefficient (Wildman–Crippen LogP) is 7.38. The molecule has 4 rings (SSSR count). The van der Waals surface area contributed by atoms with Crippen molar-refractivity contribution in [3.05, 3.63) is 82.7 Å². The van der Waals surface area contributed by atoms with Gasteiger partial charge in [0.15, 0.2) is 0 Å². The van der Waals surface area contributed by atoms with E-state index in [1.54, 1.807) is 34.8 Å². The first kappa shape index (κ1) is 25.2. The van der Waals surface area contributed by atoms with Crippen LogP contribution >= 0.6 is 34.4 Å². The lowest BCUT2D eigenvalue weighted by Crippen LogP contribution is -2.11. The number of anilines is 1. The Labute approximate surface area is 207 Å². The van der Waals surface area contributed by atoms with Crippen LogP contribution in [0.4, 0.5) is 5.69 Å². The minimum Gasteiger partial charge on any atom is -0.350 e. The fourth-order valence-corrected chi connectivity index (χ4v) is 6.24. The Balaban J connectivity index is 0.00000149. The standard InChI is InChI=1S/C22H19N3O2S4.C2H6/c1-3-19(29-14(2)24-16-8-10-17(11-9-16)31(23,26)27)22-25-18(13-28-22)21-12-15-6-4-5-7-20(15)30-21;1-2/h3-13,24H,2H2,1H3,(H2,23,26,27);1-2H3/b19-3-;. The number of hydrogen-bond acceptors (Lipinski definition) is 7. The number of hydrogen-bond donors (Lipinski definition) is 2. The molecular weight excluding hydrogens is 491 g/mol. The van der Waals surface area contributed by atoms with Crippen LogP contribution in [0.1, 0.15) is 25.8 Å². The van der Waals surface area contributed by atoms with Crippen LogP contribution in [0.3, 0.4) is 0 Å². The van der Waals surface area contributed by atoms with Crippen LogP contribution in [0, 0.1) is 0 Å². The van der Waals surface area contributed by atoms with Gasteiger partial charge in [-0.2, -0.15) is 0 Å². The molecule has 5 nitrogen and oxygen atoms in total. The molecule has 172 valence electrons. The Bertz CT molecular complexity index is 1350. The van der Waals surface area contributed by atoms with E-state index in [9.17, 15) is 8.42 Å². The Kier molecular flexibility index (Phi) is 8.50. The van der Waals surface area contributed by atoms with Gasteiger partial charge in [0.2, 0.25) is 10.0 Å². The second-order valence-electron chi connectivity index (χ2n) is 6.56. The zero-order valence-corrected chi connectivity index (χ0v) is 21.8. The van der Waals surface area contributed by atoms with Gasteiger partial charge >= 0.3 is 0 Å². The van der Waals surface area contributed by atoms with Gasteiger partial charge in [-0.05, 0) is 48.7 Å². The first-order valence-electron chi connectivity index (χ1n) is 10.2. The minimum atomic E-state index is -3.71. The van der Waals surface area contributed by atoms with E-state index < -0.39 is 10.0 Å². The topological polar surface area (TPSA) is 85.1 Å². The number of nitrogens with two attached hydrogens (primary N) is 1. The van der Waals surface area contributed by atoms with Gasteiger partial charge in [-0.3, -0.25) is 0 Å². The highest BCUT2D eigenvalue weighted by molar-refractivity contribution is 8.12. The van der Waals surface area contributed by atoms with Crippen molar-refractivity contribution in [2.75, 3.05) is 5.32 Å². The van der Waals surface area contributed by atoms with E-state index in [0.717, 1.165) is 26.2 Å². The molecule has 2 aromatic carbocycles. The third kappa shape index (κ3) is 6.33. The normalized spacial score (nSPS) is 11.7. The maximum absolute atomic E-state index is 11.4. The summed E-state index contributed by atoms with van der Waals surface area (Å²) < 4.78 is 24.0. The largest absolute Gasteiger partial charge is 0.350 e. The molecule has 33 heavy (non-hydrogen) atoms. The number of sulfonamides is 1. The predicted molar refractivity (Wildman–Crippen MR) is 146 cm³/mol. The maximum atomic E-state index is 11.4. The number of allylic oxidation sites excluding steroid dienone is 1. The summed E-state index contributed by atoms with van der Waals surface area (Å²) in [4.78, 5) is 7.05. The summed E-state index contributed by atoms with van der Waals surface area (Å²) >= 11 is 4.81. The van der Waals surface area contributed by atoms with Crippen molar-refractivity contribution < 1.29 is 8.42 Å². The van der Waals surface area contributed by atoms with Crippen LogP contribution in [0.25, 0.3) is 25.6 Å². The molecule has 0 fully saturated rings. The highest BCUT2D eigenvalue weighted by atomic mass is 32.2. The Morgan fingerprint density at radius 1 is 1.15 bits per heavy atom. The second kappa shape index (κ2) is 11.1. The monoisotopic (exact) mass is 515 g/mol. The SMILES string of the molecule is C=C(Nc1ccc(S(N)(=O)=O)cc1)S/C(=C\C)c1nc(-c2cc3ccccc3s2)cs1.CC. The Hall–Kier alpha value is -2.43.